The van der Waals surface area contributed by atoms with Crippen LogP contribution in [-0.2, 0) is 11.2 Å². The summed E-state index contributed by atoms with van der Waals surface area (Å²) < 4.78 is 5.40. The molecule has 5 rings (SSSR count). The van der Waals surface area contributed by atoms with Crippen LogP contribution in [0.15, 0.2) is 42.6 Å². The number of hydrogen-bond acceptors (Lipinski definition) is 3. The minimum absolute atomic E-state index is 0.196. The molecule has 0 radical (unpaired) electrons. The van der Waals surface area contributed by atoms with Gasteiger partial charge in [0.15, 0.2) is 0 Å². The molecular weight excluding hydrogens is 326 g/mol. The monoisotopic (exact) mass is 345 g/mol. The number of rotatable bonds is 2. The number of nitrogens with zero attached hydrogens (tertiary/aromatic N) is 2. The predicted molar refractivity (Wildman–Crippen MR) is 101 cm³/mol. The van der Waals surface area contributed by atoms with Gasteiger partial charge in [-0.1, -0.05) is 6.07 Å². The fraction of sp³-hybridized carbons (Fsp3) is 0.238. The molecule has 130 valence electrons. The first-order valence-electron chi connectivity index (χ1n) is 8.90. The highest BCUT2D eigenvalue weighted by molar-refractivity contribution is 6.04. The summed E-state index contributed by atoms with van der Waals surface area (Å²) in [5.41, 5.74) is 6.47. The maximum atomic E-state index is 12.6. The van der Waals surface area contributed by atoms with Gasteiger partial charge >= 0.3 is 0 Å². The van der Waals surface area contributed by atoms with Crippen molar-refractivity contribution in [3.63, 3.8) is 0 Å². The number of ether oxygens (including phenoxy) is 1. The quantitative estimate of drug-likeness (QED) is 0.772. The number of H-pyrrole nitrogens is 1. The lowest BCUT2D eigenvalue weighted by atomic mass is 9.90. The van der Waals surface area contributed by atoms with Gasteiger partial charge in [0.2, 0.25) is 5.91 Å². The number of hydrogen-bond donors (Lipinski definition) is 1. The van der Waals surface area contributed by atoms with Crippen LogP contribution in [-0.4, -0.2) is 34.4 Å². The van der Waals surface area contributed by atoms with Crippen molar-refractivity contribution in [3.8, 4) is 5.75 Å². The van der Waals surface area contributed by atoms with Crippen LogP contribution in [0.4, 0.5) is 0 Å². The number of nitrogens with one attached hydrogen (secondary N) is 1. The number of fused-ring (bicyclic) bond motifs is 5. The van der Waals surface area contributed by atoms with E-state index in [0.29, 0.717) is 13.0 Å². The van der Waals surface area contributed by atoms with Crippen molar-refractivity contribution in [1.82, 2.24) is 14.9 Å². The Morgan fingerprint density at radius 1 is 1.15 bits per heavy atom. The number of aromatic nitrogens is 2. The summed E-state index contributed by atoms with van der Waals surface area (Å²) in [4.78, 5) is 22.6. The van der Waals surface area contributed by atoms with Crippen molar-refractivity contribution >= 4 is 28.1 Å². The summed E-state index contributed by atoms with van der Waals surface area (Å²) in [5, 5.41) is 1.17. The van der Waals surface area contributed by atoms with Crippen LogP contribution in [0.1, 0.15) is 29.8 Å². The van der Waals surface area contributed by atoms with Gasteiger partial charge in [-0.05, 0) is 48.7 Å². The molecule has 1 aromatic carbocycles. The summed E-state index contributed by atoms with van der Waals surface area (Å²) >= 11 is 0. The Labute approximate surface area is 151 Å². The third-order valence-electron chi connectivity index (χ3n) is 5.36. The van der Waals surface area contributed by atoms with E-state index in [1.807, 2.05) is 41.4 Å². The van der Waals surface area contributed by atoms with Crippen LogP contribution in [0.2, 0.25) is 0 Å². The number of amides is 1. The van der Waals surface area contributed by atoms with E-state index in [-0.39, 0.29) is 5.91 Å². The average Bonchev–Trinajstić information content (AvgIpc) is 3.07. The van der Waals surface area contributed by atoms with E-state index < -0.39 is 0 Å². The Kier molecular flexibility index (Phi) is 3.35. The predicted octanol–water partition coefficient (Wildman–Crippen LogP) is 3.62. The Hall–Kier alpha value is -3.08. The molecule has 4 heterocycles. The third kappa shape index (κ3) is 2.17. The molecule has 0 atom stereocenters. The zero-order valence-corrected chi connectivity index (χ0v) is 14.6. The molecule has 2 aliphatic rings. The molecule has 2 aromatic heterocycles. The molecule has 2 aliphatic heterocycles. The molecule has 5 nitrogen and oxygen atoms in total. The number of carbonyl (C=O) groups excluding carboxylic acids is 1. The van der Waals surface area contributed by atoms with Gasteiger partial charge in [-0.25, -0.2) is 0 Å². The number of benzene rings is 1. The molecule has 26 heavy (non-hydrogen) atoms. The van der Waals surface area contributed by atoms with Crippen LogP contribution in [0.5, 0.6) is 5.75 Å². The van der Waals surface area contributed by atoms with Gasteiger partial charge in [0.05, 0.1) is 24.2 Å². The van der Waals surface area contributed by atoms with Crippen LogP contribution in [0.3, 0.4) is 0 Å². The summed E-state index contributed by atoms with van der Waals surface area (Å²) in [5.74, 6) is 1.04. The van der Waals surface area contributed by atoms with E-state index in [9.17, 15) is 4.79 Å². The molecule has 0 saturated heterocycles. The van der Waals surface area contributed by atoms with Crippen molar-refractivity contribution in [1.29, 1.82) is 0 Å². The Bertz CT molecular complexity index is 1050. The van der Waals surface area contributed by atoms with E-state index in [0.717, 1.165) is 46.8 Å². The zero-order chi connectivity index (χ0) is 17.7. The number of pyridine rings is 1. The SMILES string of the molecule is COc1ccc2[nH]c3c(c2c1)CCN1C(=O)CCC(c2ccccn2)=C31. The number of carbonyl (C=O) groups is 1. The van der Waals surface area contributed by atoms with E-state index in [4.69, 9.17) is 4.74 Å². The Morgan fingerprint density at radius 3 is 2.88 bits per heavy atom. The van der Waals surface area contributed by atoms with E-state index >= 15 is 0 Å². The highest BCUT2D eigenvalue weighted by Gasteiger charge is 2.34. The first-order chi connectivity index (χ1) is 12.8. The standard InChI is InChI=1S/C21H19N3O2/c1-26-13-5-7-18-16(12-13)14-9-11-24-19(25)8-6-15(21(24)20(14)23-18)17-4-2-3-10-22-17/h2-5,7,10,12,23H,6,8-9,11H2,1H3. The molecule has 0 unspecified atom stereocenters. The highest BCUT2D eigenvalue weighted by Crippen LogP contribution is 2.42. The topological polar surface area (TPSA) is 58.2 Å². The normalized spacial score (nSPS) is 16.7. The smallest absolute Gasteiger partial charge is 0.227 e. The Balaban J connectivity index is 1.79. The fourth-order valence-corrected chi connectivity index (χ4v) is 4.13. The first kappa shape index (κ1) is 15.2. The van der Waals surface area contributed by atoms with Gasteiger partial charge < -0.3 is 14.6 Å². The van der Waals surface area contributed by atoms with Crippen LogP contribution in [0, 0.1) is 0 Å². The van der Waals surface area contributed by atoms with Crippen LogP contribution < -0.4 is 4.74 Å². The van der Waals surface area contributed by atoms with Gasteiger partial charge in [0.1, 0.15) is 5.75 Å². The van der Waals surface area contributed by atoms with Gasteiger partial charge in [-0.3, -0.25) is 9.78 Å². The van der Waals surface area contributed by atoms with Crippen molar-refractivity contribution in [3.05, 3.63) is 59.5 Å². The molecule has 0 spiro atoms. The molecule has 1 amide bonds. The molecule has 0 fully saturated rings. The number of aromatic amines is 1. The molecule has 0 bridgehead atoms. The molecule has 0 saturated carbocycles. The molecule has 5 heteroatoms. The van der Waals surface area contributed by atoms with Crippen molar-refractivity contribution < 1.29 is 9.53 Å². The van der Waals surface area contributed by atoms with E-state index in [1.54, 1.807) is 7.11 Å². The fourth-order valence-electron chi connectivity index (χ4n) is 4.13. The molecule has 0 aliphatic carbocycles. The zero-order valence-electron chi connectivity index (χ0n) is 14.6. The summed E-state index contributed by atoms with van der Waals surface area (Å²) in [7, 11) is 1.68. The van der Waals surface area contributed by atoms with E-state index in [2.05, 4.69) is 16.0 Å². The lowest BCUT2D eigenvalue weighted by Crippen LogP contribution is -2.38. The number of methoxy groups -OCH3 is 1. The lowest BCUT2D eigenvalue weighted by Gasteiger charge is -2.35. The van der Waals surface area contributed by atoms with E-state index in [1.165, 1.54) is 10.9 Å². The second-order valence-electron chi connectivity index (χ2n) is 6.73. The third-order valence-corrected chi connectivity index (χ3v) is 5.36. The minimum Gasteiger partial charge on any atom is -0.497 e. The van der Waals surface area contributed by atoms with Gasteiger partial charge in [-0.15, -0.1) is 0 Å². The van der Waals surface area contributed by atoms with Gasteiger partial charge in [-0.2, -0.15) is 0 Å². The molecule has 1 N–H and O–H groups in total. The number of allylic oxidation sites excluding steroid dienone is 1. The summed E-state index contributed by atoms with van der Waals surface area (Å²) in [6.07, 6.45) is 3.91. The maximum absolute atomic E-state index is 12.6. The van der Waals surface area contributed by atoms with Crippen LogP contribution in [0.25, 0.3) is 22.2 Å². The molecule has 3 aromatic rings. The van der Waals surface area contributed by atoms with Crippen molar-refractivity contribution in [2.75, 3.05) is 13.7 Å². The molecular formula is C21H19N3O2. The van der Waals surface area contributed by atoms with Crippen molar-refractivity contribution in [2.45, 2.75) is 19.3 Å². The average molecular weight is 345 g/mol. The van der Waals surface area contributed by atoms with Gasteiger partial charge in [0, 0.05) is 35.6 Å². The van der Waals surface area contributed by atoms with Gasteiger partial charge in [0.25, 0.3) is 0 Å². The summed E-state index contributed by atoms with van der Waals surface area (Å²) in [6, 6.07) is 12.0. The first-order valence-corrected chi connectivity index (χ1v) is 8.90. The van der Waals surface area contributed by atoms with Crippen molar-refractivity contribution in [2.24, 2.45) is 0 Å². The highest BCUT2D eigenvalue weighted by atomic mass is 16.5. The summed E-state index contributed by atoms with van der Waals surface area (Å²) in [6.45, 7) is 0.710. The lowest BCUT2D eigenvalue weighted by molar-refractivity contribution is -0.128. The second kappa shape index (κ2) is 5.73. The Morgan fingerprint density at radius 2 is 2.08 bits per heavy atom. The minimum atomic E-state index is 0.196. The maximum Gasteiger partial charge on any atom is 0.227 e. The largest absolute Gasteiger partial charge is 0.497 e. The second-order valence-corrected chi connectivity index (χ2v) is 6.73. The van der Waals surface area contributed by atoms with Crippen LogP contribution >= 0.6 is 0 Å².